The Bertz CT molecular complexity index is 729. The third-order valence-electron chi connectivity index (χ3n) is 5.63. The number of methoxy groups -OCH3 is 1. The lowest BCUT2D eigenvalue weighted by molar-refractivity contribution is -0.141. The van der Waals surface area contributed by atoms with Gasteiger partial charge in [-0.05, 0) is 43.9 Å². The summed E-state index contributed by atoms with van der Waals surface area (Å²) in [5.74, 6) is 0.415. The van der Waals surface area contributed by atoms with Gasteiger partial charge in [0.15, 0.2) is 5.54 Å². The van der Waals surface area contributed by atoms with Crippen LogP contribution in [-0.4, -0.2) is 42.7 Å². The van der Waals surface area contributed by atoms with Gasteiger partial charge in [0, 0.05) is 24.2 Å². The summed E-state index contributed by atoms with van der Waals surface area (Å²) in [4.78, 5) is 26.6. The molecule has 2 spiro atoms. The summed E-state index contributed by atoms with van der Waals surface area (Å²) in [7, 11) is 3.22. The van der Waals surface area contributed by atoms with Gasteiger partial charge < -0.3 is 14.8 Å². The molecule has 1 aromatic carbocycles. The molecular formula is C17H19BrN2O4. The van der Waals surface area contributed by atoms with Crippen molar-refractivity contribution in [2.45, 2.75) is 42.9 Å². The lowest BCUT2D eigenvalue weighted by Crippen LogP contribution is -2.62. The highest BCUT2D eigenvalue weighted by Crippen LogP contribution is 2.56. The van der Waals surface area contributed by atoms with Crippen LogP contribution >= 0.6 is 15.9 Å². The van der Waals surface area contributed by atoms with E-state index in [1.165, 1.54) is 7.05 Å². The minimum atomic E-state index is -1.16. The summed E-state index contributed by atoms with van der Waals surface area (Å²) in [6.07, 6.45) is 3.05. The van der Waals surface area contributed by atoms with Crippen molar-refractivity contribution in [3.8, 4) is 5.75 Å². The predicted molar refractivity (Wildman–Crippen MR) is 89.7 cm³/mol. The van der Waals surface area contributed by atoms with Crippen LogP contribution in [0.15, 0.2) is 22.7 Å². The monoisotopic (exact) mass is 394 g/mol. The van der Waals surface area contributed by atoms with Crippen molar-refractivity contribution in [1.82, 2.24) is 10.2 Å². The van der Waals surface area contributed by atoms with Crippen molar-refractivity contribution < 1.29 is 19.1 Å². The number of carbonyl (C=O) groups excluding carboxylic acids is 2. The van der Waals surface area contributed by atoms with E-state index in [1.54, 1.807) is 7.11 Å². The first-order valence-corrected chi connectivity index (χ1v) is 8.85. The topological polar surface area (TPSA) is 67.9 Å². The number of nitrogens with one attached hydrogen (secondary N) is 1. The number of amides is 3. The summed E-state index contributed by atoms with van der Waals surface area (Å²) >= 11 is 3.47. The Labute approximate surface area is 148 Å². The number of fused-ring (bicyclic) bond motifs is 3. The summed E-state index contributed by atoms with van der Waals surface area (Å²) in [5.41, 5.74) is -1.19. The van der Waals surface area contributed by atoms with Gasteiger partial charge in [-0.3, -0.25) is 9.69 Å². The number of halogens is 1. The van der Waals surface area contributed by atoms with Crippen LogP contribution in [0.3, 0.4) is 0 Å². The molecule has 6 nitrogen and oxygen atoms in total. The van der Waals surface area contributed by atoms with Crippen LogP contribution in [0.5, 0.6) is 5.75 Å². The van der Waals surface area contributed by atoms with Crippen molar-refractivity contribution in [3.63, 3.8) is 0 Å². The number of carbonyl (C=O) groups is 2. The number of hydrogen-bond donors (Lipinski definition) is 1. The summed E-state index contributed by atoms with van der Waals surface area (Å²) in [5, 5.41) is 2.96. The number of nitrogens with zero attached hydrogens (tertiary/aromatic N) is 1. The van der Waals surface area contributed by atoms with E-state index in [2.05, 4.69) is 21.2 Å². The first-order chi connectivity index (χ1) is 11.4. The SMILES string of the molecule is COC1CCC2(CC1)Oc1ccc(Br)cc1C21NC(=O)N(C)C1=O. The molecule has 1 atom stereocenters. The number of hydrogen-bond acceptors (Lipinski definition) is 4. The fourth-order valence-corrected chi connectivity index (χ4v) is 4.68. The van der Waals surface area contributed by atoms with Crippen LogP contribution in [0.2, 0.25) is 0 Å². The van der Waals surface area contributed by atoms with E-state index >= 15 is 0 Å². The van der Waals surface area contributed by atoms with Crippen LogP contribution in [0.1, 0.15) is 31.2 Å². The quantitative estimate of drug-likeness (QED) is 0.743. The Morgan fingerprint density at radius 2 is 2.04 bits per heavy atom. The van der Waals surface area contributed by atoms with Crippen LogP contribution in [0, 0.1) is 0 Å². The Hall–Kier alpha value is -1.60. The van der Waals surface area contributed by atoms with Crippen molar-refractivity contribution >= 4 is 27.9 Å². The lowest BCUT2D eigenvalue weighted by atomic mass is 9.68. The highest BCUT2D eigenvalue weighted by atomic mass is 79.9. The minimum absolute atomic E-state index is 0.164. The number of likely N-dealkylation sites (N-methyl/N-ethyl adjacent to an activating group) is 1. The van der Waals surface area contributed by atoms with E-state index in [1.807, 2.05) is 18.2 Å². The van der Waals surface area contributed by atoms with Gasteiger partial charge in [-0.1, -0.05) is 15.9 Å². The summed E-state index contributed by atoms with van der Waals surface area (Å²) in [6, 6.07) is 5.24. The normalized spacial score (nSPS) is 34.6. The second-order valence-corrected chi connectivity index (χ2v) is 7.63. The van der Waals surface area contributed by atoms with Gasteiger partial charge in [0.2, 0.25) is 0 Å². The minimum Gasteiger partial charge on any atom is -0.483 e. The van der Waals surface area contributed by atoms with E-state index in [0.29, 0.717) is 18.6 Å². The zero-order chi connectivity index (χ0) is 17.1. The fourth-order valence-electron chi connectivity index (χ4n) is 4.32. The van der Waals surface area contributed by atoms with Crippen molar-refractivity contribution in [2.24, 2.45) is 0 Å². The van der Waals surface area contributed by atoms with Gasteiger partial charge in [0.1, 0.15) is 11.4 Å². The molecule has 1 N–H and O–H groups in total. The average Bonchev–Trinajstić information content (AvgIpc) is 2.97. The van der Waals surface area contributed by atoms with Crippen LogP contribution in [-0.2, 0) is 15.1 Å². The summed E-state index contributed by atoms with van der Waals surface area (Å²) in [6.45, 7) is 0. The maximum absolute atomic E-state index is 13.2. The Morgan fingerprint density at radius 1 is 1.33 bits per heavy atom. The number of urea groups is 1. The number of benzene rings is 1. The molecule has 1 aliphatic carbocycles. The third-order valence-corrected chi connectivity index (χ3v) is 6.13. The molecule has 2 aliphatic heterocycles. The molecule has 128 valence electrons. The molecule has 1 saturated heterocycles. The molecule has 2 fully saturated rings. The molecule has 0 bridgehead atoms. The van der Waals surface area contributed by atoms with E-state index in [4.69, 9.17) is 9.47 Å². The largest absolute Gasteiger partial charge is 0.483 e. The zero-order valence-corrected chi connectivity index (χ0v) is 15.2. The highest BCUT2D eigenvalue weighted by molar-refractivity contribution is 9.10. The van der Waals surface area contributed by atoms with Crippen LogP contribution in [0.4, 0.5) is 4.79 Å². The average molecular weight is 395 g/mol. The molecule has 4 rings (SSSR count). The van der Waals surface area contributed by atoms with E-state index in [0.717, 1.165) is 27.8 Å². The number of imide groups is 1. The predicted octanol–water partition coefficient (Wildman–Crippen LogP) is 2.55. The van der Waals surface area contributed by atoms with Crippen molar-refractivity contribution in [2.75, 3.05) is 14.2 Å². The van der Waals surface area contributed by atoms with Gasteiger partial charge in [-0.25, -0.2) is 4.79 Å². The van der Waals surface area contributed by atoms with Gasteiger partial charge >= 0.3 is 6.03 Å². The second kappa shape index (κ2) is 5.20. The van der Waals surface area contributed by atoms with E-state index < -0.39 is 11.1 Å². The van der Waals surface area contributed by atoms with Gasteiger partial charge in [-0.2, -0.15) is 0 Å². The number of rotatable bonds is 1. The summed E-state index contributed by atoms with van der Waals surface area (Å²) < 4.78 is 12.7. The molecule has 3 aliphatic rings. The molecular weight excluding hydrogens is 376 g/mol. The Morgan fingerprint density at radius 3 is 2.62 bits per heavy atom. The lowest BCUT2D eigenvalue weighted by Gasteiger charge is -2.44. The maximum Gasteiger partial charge on any atom is 0.325 e. The molecule has 0 radical (unpaired) electrons. The van der Waals surface area contributed by atoms with E-state index in [9.17, 15) is 9.59 Å². The molecule has 2 heterocycles. The Kier molecular flexibility index (Phi) is 3.44. The van der Waals surface area contributed by atoms with E-state index in [-0.39, 0.29) is 18.0 Å². The highest BCUT2D eigenvalue weighted by Gasteiger charge is 2.70. The molecule has 1 unspecified atom stereocenters. The zero-order valence-electron chi connectivity index (χ0n) is 13.6. The first-order valence-electron chi connectivity index (χ1n) is 8.06. The molecule has 1 saturated carbocycles. The molecule has 0 aromatic heterocycles. The first kappa shape index (κ1) is 15.9. The fraction of sp³-hybridized carbons (Fsp3) is 0.529. The van der Waals surface area contributed by atoms with Crippen molar-refractivity contribution in [3.05, 3.63) is 28.2 Å². The van der Waals surface area contributed by atoms with Crippen LogP contribution < -0.4 is 10.1 Å². The number of ether oxygens (including phenoxy) is 2. The van der Waals surface area contributed by atoms with Gasteiger partial charge in [-0.15, -0.1) is 0 Å². The van der Waals surface area contributed by atoms with Crippen molar-refractivity contribution in [1.29, 1.82) is 0 Å². The smallest absolute Gasteiger partial charge is 0.325 e. The van der Waals surface area contributed by atoms with Gasteiger partial charge in [0.05, 0.1) is 6.10 Å². The Balaban J connectivity index is 1.87. The second-order valence-electron chi connectivity index (χ2n) is 6.72. The molecule has 1 aromatic rings. The third kappa shape index (κ3) is 1.85. The molecule has 3 amide bonds. The van der Waals surface area contributed by atoms with Gasteiger partial charge in [0.25, 0.3) is 5.91 Å². The molecule has 7 heteroatoms. The standard InChI is InChI=1S/C17H19BrN2O4/c1-20-14(21)17(19-15(20)22)12-9-10(18)3-4-13(12)24-16(17)7-5-11(23-2)6-8-16/h3-4,9,11H,5-8H2,1-2H3,(H,19,22). The van der Waals surface area contributed by atoms with Crippen LogP contribution in [0.25, 0.3) is 0 Å². The maximum atomic E-state index is 13.2. The molecule has 24 heavy (non-hydrogen) atoms.